The van der Waals surface area contributed by atoms with Crippen LogP contribution in [0.4, 0.5) is 5.82 Å². The monoisotopic (exact) mass is 178 g/mol. The number of hydrogen-bond acceptors (Lipinski definition) is 3. The second-order valence-corrected chi connectivity index (χ2v) is 2.65. The van der Waals surface area contributed by atoms with Crippen LogP contribution in [0.25, 0.3) is 0 Å². The van der Waals surface area contributed by atoms with Crippen molar-refractivity contribution >= 4 is 5.82 Å². The number of rotatable bonds is 5. The molecule has 0 aliphatic rings. The van der Waals surface area contributed by atoms with Crippen molar-refractivity contribution in [1.82, 2.24) is 4.98 Å². The van der Waals surface area contributed by atoms with Crippen LogP contribution < -0.4 is 5.43 Å². The standard InChI is InChI=1S/C9H14N4/c1-2-3-8-11-13-12-9-6-4-5-7-10-9/h4-7H,2-3,8H2,1H3,(H,10,11,12). The third-order valence-corrected chi connectivity index (χ3v) is 1.51. The second kappa shape index (κ2) is 6.11. The number of aromatic nitrogens is 1. The Morgan fingerprint density at radius 1 is 1.46 bits per heavy atom. The Morgan fingerprint density at radius 3 is 3.08 bits per heavy atom. The Hall–Kier alpha value is -1.45. The molecular weight excluding hydrogens is 164 g/mol. The van der Waals surface area contributed by atoms with Gasteiger partial charge in [0.15, 0.2) is 0 Å². The van der Waals surface area contributed by atoms with Gasteiger partial charge in [0.1, 0.15) is 5.82 Å². The van der Waals surface area contributed by atoms with Gasteiger partial charge in [-0.05, 0) is 18.6 Å². The molecule has 0 aromatic carbocycles. The molecule has 4 nitrogen and oxygen atoms in total. The van der Waals surface area contributed by atoms with Crippen molar-refractivity contribution in [2.24, 2.45) is 10.3 Å². The zero-order valence-electron chi connectivity index (χ0n) is 7.77. The molecule has 1 N–H and O–H groups in total. The van der Waals surface area contributed by atoms with Crippen LogP contribution in [-0.4, -0.2) is 11.5 Å². The maximum Gasteiger partial charge on any atom is 0.147 e. The van der Waals surface area contributed by atoms with E-state index in [-0.39, 0.29) is 0 Å². The van der Waals surface area contributed by atoms with Crippen LogP contribution in [0.2, 0.25) is 0 Å². The first-order chi connectivity index (χ1) is 6.43. The quantitative estimate of drug-likeness (QED) is 0.428. The molecule has 0 saturated heterocycles. The van der Waals surface area contributed by atoms with E-state index in [1.165, 1.54) is 0 Å². The van der Waals surface area contributed by atoms with E-state index in [9.17, 15) is 0 Å². The molecule has 0 unspecified atom stereocenters. The molecule has 0 amide bonds. The highest BCUT2D eigenvalue weighted by molar-refractivity contribution is 5.31. The molecule has 1 aromatic heterocycles. The van der Waals surface area contributed by atoms with Gasteiger partial charge in [0, 0.05) is 6.20 Å². The third-order valence-electron chi connectivity index (χ3n) is 1.51. The lowest BCUT2D eigenvalue weighted by Gasteiger charge is -1.95. The maximum absolute atomic E-state index is 4.03. The van der Waals surface area contributed by atoms with Crippen molar-refractivity contribution in [3.8, 4) is 0 Å². The molecule has 70 valence electrons. The average Bonchev–Trinajstić information content (AvgIpc) is 2.19. The summed E-state index contributed by atoms with van der Waals surface area (Å²) in [6.07, 6.45) is 3.93. The van der Waals surface area contributed by atoms with Gasteiger partial charge in [0.05, 0.1) is 6.54 Å². The molecule has 0 radical (unpaired) electrons. The predicted octanol–water partition coefficient (Wildman–Crippen LogP) is 2.66. The highest BCUT2D eigenvalue weighted by atomic mass is 15.4. The zero-order chi connectivity index (χ0) is 9.36. The summed E-state index contributed by atoms with van der Waals surface area (Å²) < 4.78 is 0. The Balaban J connectivity index is 2.23. The van der Waals surface area contributed by atoms with Crippen molar-refractivity contribution in [3.05, 3.63) is 24.4 Å². The van der Waals surface area contributed by atoms with Gasteiger partial charge in [-0.1, -0.05) is 24.6 Å². The summed E-state index contributed by atoms with van der Waals surface area (Å²) >= 11 is 0. The molecular formula is C9H14N4. The normalized spacial score (nSPS) is 10.5. The minimum absolute atomic E-state index is 0.725. The molecule has 0 bridgehead atoms. The van der Waals surface area contributed by atoms with Crippen LogP contribution in [0.1, 0.15) is 19.8 Å². The Morgan fingerprint density at radius 2 is 2.38 bits per heavy atom. The van der Waals surface area contributed by atoms with E-state index in [0.29, 0.717) is 0 Å². The second-order valence-electron chi connectivity index (χ2n) is 2.65. The first-order valence-corrected chi connectivity index (χ1v) is 4.47. The fourth-order valence-electron chi connectivity index (χ4n) is 0.794. The van der Waals surface area contributed by atoms with Crippen molar-refractivity contribution in [3.63, 3.8) is 0 Å². The zero-order valence-corrected chi connectivity index (χ0v) is 7.77. The fraction of sp³-hybridized carbons (Fsp3) is 0.444. The largest absolute Gasteiger partial charge is 0.243 e. The van der Waals surface area contributed by atoms with E-state index in [1.807, 2.05) is 18.2 Å². The molecule has 1 aromatic rings. The highest BCUT2D eigenvalue weighted by Crippen LogP contribution is 1.99. The highest BCUT2D eigenvalue weighted by Gasteiger charge is 1.85. The summed E-state index contributed by atoms with van der Waals surface area (Å²) in [5.74, 6) is 0.725. The summed E-state index contributed by atoms with van der Waals surface area (Å²) in [7, 11) is 0. The van der Waals surface area contributed by atoms with E-state index < -0.39 is 0 Å². The minimum atomic E-state index is 0.725. The van der Waals surface area contributed by atoms with Crippen LogP contribution >= 0.6 is 0 Å². The van der Waals surface area contributed by atoms with Gasteiger partial charge in [-0.15, -0.1) is 0 Å². The van der Waals surface area contributed by atoms with Crippen LogP contribution in [0.5, 0.6) is 0 Å². The lowest BCUT2D eigenvalue weighted by atomic mass is 10.3. The average molecular weight is 178 g/mol. The lowest BCUT2D eigenvalue weighted by molar-refractivity contribution is 0.771. The third kappa shape index (κ3) is 4.20. The van der Waals surface area contributed by atoms with E-state index >= 15 is 0 Å². The topological polar surface area (TPSA) is 49.6 Å². The molecule has 1 heterocycles. The van der Waals surface area contributed by atoms with Crippen LogP contribution in [0, 0.1) is 0 Å². The van der Waals surface area contributed by atoms with Gasteiger partial charge >= 0.3 is 0 Å². The predicted molar refractivity (Wildman–Crippen MR) is 52.5 cm³/mol. The Labute approximate surface area is 78.1 Å². The first-order valence-electron chi connectivity index (χ1n) is 4.47. The van der Waals surface area contributed by atoms with E-state index in [1.54, 1.807) is 6.20 Å². The molecule has 0 saturated carbocycles. The number of hydrogen-bond donors (Lipinski definition) is 1. The molecule has 0 aliphatic heterocycles. The smallest absolute Gasteiger partial charge is 0.147 e. The summed E-state index contributed by atoms with van der Waals surface area (Å²) in [4.78, 5) is 4.03. The molecule has 13 heavy (non-hydrogen) atoms. The van der Waals surface area contributed by atoms with Crippen LogP contribution in [-0.2, 0) is 0 Å². The van der Waals surface area contributed by atoms with Gasteiger partial charge in [0.25, 0.3) is 0 Å². The van der Waals surface area contributed by atoms with E-state index in [2.05, 4.69) is 27.7 Å². The number of anilines is 1. The molecule has 0 fully saturated rings. The Kier molecular flexibility index (Phi) is 4.53. The van der Waals surface area contributed by atoms with Gasteiger partial charge in [0.2, 0.25) is 0 Å². The number of nitrogens with one attached hydrogen (secondary N) is 1. The van der Waals surface area contributed by atoms with Crippen LogP contribution in [0.15, 0.2) is 34.7 Å². The summed E-state index contributed by atoms with van der Waals surface area (Å²) in [5.41, 5.74) is 2.75. The molecule has 1 rings (SSSR count). The van der Waals surface area contributed by atoms with Gasteiger partial charge in [-0.2, -0.15) is 5.11 Å². The van der Waals surface area contributed by atoms with Crippen molar-refractivity contribution in [1.29, 1.82) is 0 Å². The van der Waals surface area contributed by atoms with Gasteiger partial charge < -0.3 is 0 Å². The molecule has 0 spiro atoms. The first kappa shape index (κ1) is 9.64. The van der Waals surface area contributed by atoms with Crippen LogP contribution in [0.3, 0.4) is 0 Å². The molecule has 0 aliphatic carbocycles. The summed E-state index contributed by atoms with van der Waals surface area (Å²) in [6.45, 7) is 2.90. The number of pyridine rings is 1. The number of nitrogens with zero attached hydrogens (tertiary/aromatic N) is 3. The maximum atomic E-state index is 4.03. The summed E-state index contributed by atoms with van der Waals surface area (Å²) in [6, 6.07) is 5.61. The SMILES string of the molecule is CCCCN=NNc1ccccn1. The molecule has 0 atom stereocenters. The van der Waals surface area contributed by atoms with Crippen molar-refractivity contribution in [2.75, 3.05) is 12.0 Å². The summed E-state index contributed by atoms with van der Waals surface area (Å²) in [5, 5.41) is 7.72. The number of unbranched alkanes of at least 4 members (excludes halogenated alkanes) is 1. The van der Waals surface area contributed by atoms with Gasteiger partial charge in [-0.3, -0.25) is 0 Å². The molecule has 4 heteroatoms. The van der Waals surface area contributed by atoms with Gasteiger partial charge in [-0.25, -0.2) is 10.4 Å². The Bertz CT molecular complexity index is 245. The van der Waals surface area contributed by atoms with E-state index in [4.69, 9.17) is 0 Å². The van der Waals surface area contributed by atoms with E-state index in [0.717, 1.165) is 25.2 Å². The fourth-order valence-corrected chi connectivity index (χ4v) is 0.794. The minimum Gasteiger partial charge on any atom is -0.243 e. The van der Waals surface area contributed by atoms with Crippen molar-refractivity contribution < 1.29 is 0 Å². The van der Waals surface area contributed by atoms with Crippen molar-refractivity contribution in [2.45, 2.75) is 19.8 Å². The lowest BCUT2D eigenvalue weighted by Crippen LogP contribution is -1.89.